The predicted octanol–water partition coefficient (Wildman–Crippen LogP) is 7.89. The molecule has 2 N–H and O–H groups in total. The molecule has 0 aliphatic carbocycles. The first-order chi connectivity index (χ1) is 16.0. The van der Waals surface area contributed by atoms with Gasteiger partial charge in [0.1, 0.15) is 22.7 Å². The zero-order chi connectivity index (χ0) is 24.8. The third kappa shape index (κ3) is 7.37. The monoisotopic (exact) mass is 472 g/mol. The van der Waals surface area contributed by atoms with Gasteiger partial charge in [0, 0.05) is 11.9 Å². The van der Waals surface area contributed by atoms with Crippen LogP contribution in [0.3, 0.4) is 0 Å². The molecule has 0 spiro atoms. The number of anilines is 4. The van der Waals surface area contributed by atoms with Crippen LogP contribution in [-0.2, 0) is 12.6 Å². The Labute approximate surface area is 198 Å². The van der Waals surface area contributed by atoms with E-state index in [2.05, 4.69) is 27.5 Å². The molecule has 0 radical (unpaired) electrons. The number of benzene rings is 2. The van der Waals surface area contributed by atoms with Crippen LogP contribution in [0.4, 0.5) is 36.3 Å². The molecule has 5 nitrogen and oxygen atoms in total. The van der Waals surface area contributed by atoms with Crippen molar-refractivity contribution in [2.75, 3.05) is 10.6 Å². The van der Waals surface area contributed by atoms with Crippen LogP contribution in [-0.4, -0.2) is 15.6 Å². The Hall–Kier alpha value is -3.29. The number of aromatic nitrogens is 2. The Morgan fingerprint density at radius 2 is 1.62 bits per heavy atom. The maximum atomic E-state index is 13.7. The molecule has 3 aromatic rings. The van der Waals surface area contributed by atoms with Crippen molar-refractivity contribution in [2.24, 2.45) is 0 Å². The molecule has 0 fully saturated rings. The molecule has 0 amide bonds. The number of ether oxygens (including phenoxy) is 1. The SMILES string of the molecule is CCCCCc1ccc(Nc2ncc(C(F)(F)F)c(Nc3ccccc3OC(C)(C)C)n2)cc1. The maximum Gasteiger partial charge on any atom is 0.421 e. The number of rotatable bonds is 9. The van der Waals surface area contributed by atoms with Crippen LogP contribution >= 0.6 is 0 Å². The fraction of sp³-hybridized carbons (Fsp3) is 0.385. The van der Waals surface area contributed by atoms with Crippen LogP contribution in [0.1, 0.15) is 58.1 Å². The van der Waals surface area contributed by atoms with Crippen LogP contribution in [0, 0.1) is 0 Å². The minimum Gasteiger partial charge on any atom is -0.486 e. The highest BCUT2D eigenvalue weighted by Gasteiger charge is 2.35. The smallest absolute Gasteiger partial charge is 0.421 e. The minimum absolute atomic E-state index is 0.0588. The summed E-state index contributed by atoms with van der Waals surface area (Å²) < 4.78 is 46.9. The van der Waals surface area contributed by atoms with Gasteiger partial charge in [0.05, 0.1) is 5.69 Å². The molecule has 2 aromatic carbocycles. The summed E-state index contributed by atoms with van der Waals surface area (Å²) in [5.74, 6) is 0.129. The number of nitrogens with one attached hydrogen (secondary N) is 2. The predicted molar refractivity (Wildman–Crippen MR) is 130 cm³/mol. The summed E-state index contributed by atoms with van der Waals surface area (Å²) in [7, 11) is 0. The molecule has 1 heterocycles. The fourth-order valence-electron chi connectivity index (χ4n) is 3.32. The maximum absolute atomic E-state index is 13.7. The largest absolute Gasteiger partial charge is 0.486 e. The highest BCUT2D eigenvalue weighted by Crippen LogP contribution is 2.37. The zero-order valence-electron chi connectivity index (χ0n) is 20.0. The van der Waals surface area contributed by atoms with Gasteiger partial charge in [-0.2, -0.15) is 18.2 Å². The van der Waals surface area contributed by atoms with E-state index in [1.807, 2.05) is 45.0 Å². The van der Waals surface area contributed by atoms with E-state index in [0.717, 1.165) is 25.5 Å². The first-order valence-corrected chi connectivity index (χ1v) is 11.4. The van der Waals surface area contributed by atoms with Crippen LogP contribution in [0.2, 0.25) is 0 Å². The van der Waals surface area contributed by atoms with E-state index in [9.17, 15) is 13.2 Å². The first kappa shape index (κ1) is 25.3. The number of hydrogen-bond acceptors (Lipinski definition) is 5. The van der Waals surface area contributed by atoms with Crippen LogP contribution in [0.5, 0.6) is 5.75 Å². The van der Waals surface area contributed by atoms with Crippen molar-refractivity contribution >= 4 is 23.1 Å². The van der Waals surface area contributed by atoms with Gasteiger partial charge in [-0.15, -0.1) is 0 Å². The van der Waals surface area contributed by atoms with Crippen molar-refractivity contribution in [3.63, 3.8) is 0 Å². The molecule has 34 heavy (non-hydrogen) atoms. The molecule has 0 bridgehead atoms. The Morgan fingerprint density at radius 1 is 0.912 bits per heavy atom. The number of para-hydroxylation sites is 2. The molecule has 0 saturated carbocycles. The molecular formula is C26H31F3N4O. The van der Waals surface area contributed by atoms with Gasteiger partial charge >= 0.3 is 6.18 Å². The van der Waals surface area contributed by atoms with Crippen LogP contribution < -0.4 is 15.4 Å². The van der Waals surface area contributed by atoms with Gasteiger partial charge in [-0.25, -0.2) is 4.98 Å². The second-order valence-corrected chi connectivity index (χ2v) is 9.07. The number of halogens is 3. The van der Waals surface area contributed by atoms with Crippen LogP contribution in [0.25, 0.3) is 0 Å². The van der Waals surface area contributed by atoms with Crippen molar-refractivity contribution in [1.82, 2.24) is 9.97 Å². The minimum atomic E-state index is -4.62. The Balaban J connectivity index is 1.85. The summed E-state index contributed by atoms with van der Waals surface area (Å²) in [6, 6.07) is 14.6. The number of unbranched alkanes of at least 4 members (excludes halogenated alkanes) is 2. The van der Waals surface area contributed by atoms with E-state index in [4.69, 9.17) is 4.74 Å². The Kier molecular flexibility index (Phi) is 8.02. The van der Waals surface area contributed by atoms with Gasteiger partial charge in [0.25, 0.3) is 0 Å². The summed E-state index contributed by atoms with van der Waals surface area (Å²) in [5.41, 5.74) is 0.802. The fourth-order valence-corrected chi connectivity index (χ4v) is 3.32. The zero-order valence-corrected chi connectivity index (χ0v) is 20.0. The van der Waals surface area contributed by atoms with E-state index in [1.165, 1.54) is 12.0 Å². The van der Waals surface area contributed by atoms with Gasteiger partial charge in [-0.05, 0) is 63.4 Å². The number of aryl methyl sites for hydroxylation is 1. The van der Waals surface area contributed by atoms with E-state index < -0.39 is 17.3 Å². The van der Waals surface area contributed by atoms with Gasteiger partial charge in [0.2, 0.25) is 5.95 Å². The van der Waals surface area contributed by atoms with Gasteiger partial charge in [-0.3, -0.25) is 0 Å². The quantitative estimate of drug-likeness (QED) is 0.310. The number of hydrogen-bond donors (Lipinski definition) is 2. The first-order valence-electron chi connectivity index (χ1n) is 11.4. The van der Waals surface area contributed by atoms with Gasteiger partial charge < -0.3 is 15.4 Å². The third-order valence-corrected chi connectivity index (χ3v) is 4.93. The van der Waals surface area contributed by atoms with Crippen molar-refractivity contribution in [1.29, 1.82) is 0 Å². The molecule has 0 saturated heterocycles. The molecule has 0 aliphatic rings. The summed E-state index contributed by atoms with van der Waals surface area (Å²) >= 11 is 0. The highest BCUT2D eigenvalue weighted by molar-refractivity contribution is 5.67. The Morgan fingerprint density at radius 3 is 2.26 bits per heavy atom. The molecule has 3 rings (SSSR count). The molecular weight excluding hydrogens is 441 g/mol. The molecule has 0 aliphatic heterocycles. The highest BCUT2D eigenvalue weighted by atomic mass is 19.4. The lowest BCUT2D eigenvalue weighted by molar-refractivity contribution is -0.137. The van der Waals surface area contributed by atoms with Gasteiger partial charge in [0.15, 0.2) is 0 Å². The van der Waals surface area contributed by atoms with Crippen molar-refractivity contribution in [2.45, 2.75) is 65.2 Å². The van der Waals surface area contributed by atoms with E-state index in [1.54, 1.807) is 24.3 Å². The normalized spacial score (nSPS) is 11.9. The lowest BCUT2D eigenvalue weighted by Crippen LogP contribution is -2.23. The summed E-state index contributed by atoms with van der Waals surface area (Å²) in [6.45, 7) is 7.77. The second kappa shape index (κ2) is 10.8. The average molecular weight is 473 g/mol. The Bertz CT molecular complexity index is 1080. The molecule has 182 valence electrons. The van der Waals surface area contributed by atoms with Crippen LogP contribution in [0.15, 0.2) is 54.7 Å². The summed E-state index contributed by atoms with van der Waals surface area (Å²) in [4.78, 5) is 8.04. The van der Waals surface area contributed by atoms with Gasteiger partial charge in [-0.1, -0.05) is 44.0 Å². The summed E-state index contributed by atoms with van der Waals surface area (Å²) in [5, 5.41) is 5.79. The second-order valence-electron chi connectivity index (χ2n) is 9.07. The summed E-state index contributed by atoms with van der Waals surface area (Å²) in [6.07, 6.45) is 0.619. The van der Waals surface area contributed by atoms with E-state index >= 15 is 0 Å². The number of nitrogens with zero attached hydrogens (tertiary/aromatic N) is 2. The van der Waals surface area contributed by atoms with E-state index in [-0.39, 0.29) is 11.8 Å². The number of alkyl halides is 3. The van der Waals surface area contributed by atoms with E-state index in [0.29, 0.717) is 17.1 Å². The lowest BCUT2D eigenvalue weighted by atomic mass is 10.1. The molecule has 1 aromatic heterocycles. The molecule has 8 heteroatoms. The molecule has 0 unspecified atom stereocenters. The molecule has 0 atom stereocenters. The average Bonchev–Trinajstić information content (AvgIpc) is 2.75. The standard InChI is InChI=1S/C26H31F3N4O/c1-5-6-7-10-18-13-15-19(16-14-18)31-24-30-17-20(26(27,28)29)23(33-24)32-21-11-8-9-12-22(21)34-25(2,3)4/h8-9,11-17H,5-7,10H2,1-4H3,(H2,30,31,32,33). The van der Waals surface area contributed by atoms with Crippen molar-refractivity contribution < 1.29 is 17.9 Å². The third-order valence-electron chi connectivity index (χ3n) is 4.93. The lowest BCUT2D eigenvalue weighted by Gasteiger charge is -2.24. The van der Waals surface area contributed by atoms with Crippen molar-refractivity contribution in [3.05, 3.63) is 65.9 Å². The topological polar surface area (TPSA) is 59.1 Å². The van der Waals surface area contributed by atoms with Crippen molar-refractivity contribution in [3.8, 4) is 5.75 Å².